The standard InChI is InChI=1S/C22H46/c1-8-18(3)12-10-13-19(4)14-11-15-20(5)16-17-22(7)21(6)9-2/h18-22H,8-17H2,1-7H3. The van der Waals surface area contributed by atoms with Crippen LogP contribution in [0.2, 0.25) is 0 Å². The van der Waals surface area contributed by atoms with Gasteiger partial charge in [0, 0.05) is 0 Å². The predicted molar refractivity (Wildman–Crippen MR) is 103 cm³/mol. The molecule has 0 fully saturated rings. The van der Waals surface area contributed by atoms with Crippen molar-refractivity contribution < 1.29 is 0 Å². The normalized spacial score (nSPS) is 18.7. The molecule has 0 radical (unpaired) electrons. The highest BCUT2D eigenvalue weighted by Gasteiger charge is 2.12. The summed E-state index contributed by atoms with van der Waals surface area (Å²) in [4.78, 5) is 0. The summed E-state index contributed by atoms with van der Waals surface area (Å²) in [5.41, 5.74) is 0. The molecule has 0 aromatic heterocycles. The Bertz CT molecular complexity index is 232. The van der Waals surface area contributed by atoms with Gasteiger partial charge in [0.15, 0.2) is 0 Å². The SMILES string of the molecule is CCC(C)CCCC(C)CCCC(C)CCC(C)C(C)CC. The molecule has 0 rings (SSSR count). The van der Waals surface area contributed by atoms with Gasteiger partial charge in [-0.2, -0.15) is 0 Å². The van der Waals surface area contributed by atoms with Gasteiger partial charge in [-0.25, -0.2) is 0 Å². The van der Waals surface area contributed by atoms with E-state index in [1.165, 1.54) is 64.2 Å². The molecule has 0 saturated heterocycles. The van der Waals surface area contributed by atoms with Crippen LogP contribution >= 0.6 is 0 Å². The summed E-state index contributed by atoms with van der Waals surface area (Å²) in [6, 6.07) is 0. The summed E-state index contributed by atoms with van der Waals surface area (Å²) in [7, 11) is 0. The fourth-order valence-electron chi connectivity index (χ4n) is 3.36. The van der Waals surface area contributed by atoms with Gasteiger partial charge in [0.05, 0.1) is 0 Å². The molecular weight excluding hydrogens is 264 g/mol. The summed E-state index contributed by atoms with van der Waals surface area (Å²) in [5, 5.41) is 0. The van der Waals surface area contributed by atoms with E-state index in [9.17, 15) is 0 Å². The van der Waals surface area contributed by atoms with E-state index in [0.29, 0.717) is 0 Å². The summed E-state index contributed by atoms with van der Waals surface area (Å²) in [6.07, 6.45) is 14.2. The third kappa shape index (κ3) is 11.6. The van der Waals surface area contributed by atoms with Gasteiger partial charge in [0.1, 0.15) is 0 Å². The molecular formula is C22H46. The van der Waals surface area contributed by atoms with Gasteiger partial charge in [0.2, 0.25) is 0 Å². The van der Waals surface area contributed by atoms with E-state index < -0.39 is 0 Å². The van der Waals surface area contributed by atoms with E-state index in [1.54, 1.807) is 0 Å². The summed E-state index contributed by atoms with van der Waals surface area (Å²) in [5.74, 6) is 4.61. The molecule has 0 spiro atoms. The van der Waals surface area contributed by atoms with Gasteiger partial charge in [-0.05, 0) is 29.6 Å². The molecule has 0 bridgehead atoms. The topological polar surface area (TPSA) is 0 Å². The van der Waals surface area contributed by atoms with E-state index in [2.05, 4.69) is 48.5 Å². The maximum Gasteiger partial charge on any atom is -0.0417 e. The van der Waals surface area contributed by atoms with Crippen LogP contribution < -0.4 is 0 Å². The quantitative estimate of drug-likeness (QED) is 0.304. The van der Waals surface area contributed by atoms with Crippen LogP contribution in [0.5, 0.6) is 0 Å². The van der Waals surface area contributed by atoms with Crippen molar-refractivity contribution in [1.29, 1.82) is 0 Å². The average Bonchev–Trinajstić information content (AvgIpc) is 2.51. The van der Waals surface area contributed by atoms with Gasteiger partial charge < -0.3 is 0 Å². The molecule has 0 saturated carbocycles. The van der Waals surface area contributed by atoms with Crippen LogP contribution in [0, 0.1) is 29.6 Å². The summed E-state index contributed by atoms with van der Waals surface area (Å²) in [6.45, 7) is 16.8. The van der Waals surface area contributed by atoms with Crippen molar-refractivity contribution in [3.8, 4) is 0 Å². The molecule has 0 aromatic rings. The Morgan fingerprint density at radius 3 is 1.36 bits per heavy atom. The monoisotopic (exact) mass is 310 g/mol. The van der Waals surface area contributed by atoms with Crippen molar-refractivity contribution in [1.82, 2.24) is 0 Å². The van der Waals surface area contributed by atoms with Gasteiger partial charge in [-0.1, -0.05) is 113 Å². The zero-order valence-corrected chi connectivity index (χ0v) is 17.0. The molecule has 0 aliphatic rings. The second-order valence-corrected chi connectivity index (χ2v) is 8.53. The summed E-state index contributed by atoms with van der Waals surface area (Å²) < 4.78 is 0. The molecule has 0 aliphatic carbocycles. The zero-order valence-electron chi connectivity index (χ0n) is 17.0. The van der Waals surface area contributed by atoms with Gasteiger partial charge in [0.25, 0.3) is 0 Å². The van der Waals surface area contributed by atoms with Crippen molar-refractivity contribution in [2.24, 2.45) is 29.6 Å². The van der Waals surface area contributed by atoms with Crippen LogP contribution in [0.4, 0.5) is 0 Å². The molecule has 22 heavy (non-hydrogen) atoms. The maximum absolute atomic E-state index is 2.47. The maximum atomic E-state index is 2.47. The van der Waals surface area contributed by atoms with E-state index in [0.717, 1.165) is 29.6 Å². The van der Waals surface area contributed by atoms with Crippen molar-refractivity contribution in [2.75, 3.05) is 0 Å². The predicted octanol–water partition coefficient (Wildman–Crippen LogP) is 8.11. The fraction of sp³-hybridized carbons (Fsp3) is 1.00. The lowest BCUT2D eigenvalue weighted by Gasteiger charge is -2.20. The van der Waals surface area contributed by atoms with E-state index in [1.807, 2.05) is 0 Å². The zero-order chi connectivity index (χ0) is 17.0. The van der Waals surface area contributed by atoms with Gasteiger partial charge >= 0.3 is 0 Å². The smallest absolute Gasteiger partial charge is 0.0417 e. The first-order chi connectivity index (χ1) is 10.4. The first kappa shape index (κ1) is 22.0. The lowest BCUT2D eigenvalue weighted by molar-refractivity contribution is 0.312. The Morgan fingerprint density at radius 1 is 0.455 bits per heavy atom. The molecule has 0 N–H and O–H groups in total. The van der Waals surface area contributed by atoms with Crippen LogP contribution in [-0.4, -0.2) is 0 Å². The minimum atomic E-state index is 0.901. The third-order valence-corrected chi connectivity index (χ3v) is 6.21. The van der Waals surface area contributed by atoms with Crippen LogP contribution in [0.1, 0.15) is 113 Å². The summed E-state index contributed by atoms with van der Waals surface area (Å²) >= 11 is 0. The van der Waals surface area contributed by atoms with E-state index in [-0.39, 0.29) is 0 Å². The van der Waals surface area contributed by atoms with Gasteiger partial charge in [-0.3, -0.25) is 0 Å². The Hall–Kier alpha value is 0. The van der Waals surface area contributed by atoms with E-state index >= 15 is 0 Å². The minimum absolute atomic E-state index is 0.901. The van der Waals surface area contributed by atoms with Crippen molar-refractivity contribution in [3.05, 3.63) is 0 Å². The number of hydrogen-bond donors (Lipinski definition) is 0. The molecule has 5 atom stereocenters. The average molecular weight is 311 g/mol. The van der Waals surface area contributed by atoms with Crippen LogP contribution in [-0.2, 0) is 0 Å². The molecule has 0 aromatic carbocycles. The Morgan fingerprint density at radius 2 is 0.909 bits per heavy atom. The third-order valence-electron chi connectivity index (χ3n) is 6.21. The van der Waals surface area contributed by atoms with Crippen molar-refractivity contribution in [2.45, 2.75) is 113 Å². The molecule has 134 valence electrons. The molecule has 5 unspecified atom stereocenters. The number of hydrogen-bond acceptors (Lipinski definition) is 0. The lowest BCUT2D eigenvalue weighted by atomic mass is 9.85. The Labute approximate surface area is 142 Å². The largest absolute Gasteiger partial charge is 0.0651 e. The molecule has 0 heteroatoms. The van der Waals surface area contributed by atoms with Crippen molar-refractivity contribution in [3.63, 3.8) is 0 Å². The lowest BCUT2D eigenvalue weighted by Crippen LogP contribution is -2.09. The highest BCUT2D eigenvalue weighted by atomic mass is 14.2. The van der Waals surface area contributed by atoms with Crippen molar-refractivity contribution >= 4 is 0 Å². The second-order valence-electron chi connectivity index (χ2n) is 8.53. The second kappa shape index (κ2) is 13.4. The van der Waals surface area contributed by atoms with E-state index in [4.69, 9.17) is 0 Å². The molecule has 0 amide bonds. The minimum Gasteiger partial charge on any atom is -0.0651 e. The molecule has 0 heterocycles. The van der Waals surface area contributed by atoms with Crippen LogP contribution in [0.15, 0.2) is 0 Å². The first-order valence-electron chi connectivity index (χ1n) is 10.4. The van der Waals surface area contributed by atoms with Crippen LogP contribution in [0.25, 0.3) is 0 Å². The Balaban J connectivity index is 3.60. The first-order valence-corrected chi connectivity index (χ1v) is 10.4. The Kier molecular flexibility index (Phi) is 13.4. The molecule has 0 nitrogen and oxygen atoms in total. The van der Waals surface area contributed by atoms with Crippen LogP contribution in [0.3, 0.4) is 0 Å². The highest BCUT2D eigenvalue weighted by molar-refractivity contribution is 4.64. The highest BCUT2D eigenvalue weighted by Crippen LogP contribution is 2.25. The fourth-order valence-corrected chi connectivity index (χ4v) is 3.36. The molecule has 0 aliphatic heterocycles. The van der Waals surface area contributed by atoms with Gasteiger partial charge in [-0.15, -0.1) is 0 Å². The number of rotatable bonds is 14.